The largest absolute Gasteiger partial charge is 0.409 e. The Morgan fingerprint density at radius 3 is 2.35 bits per heavy atom. The molecule has 0 heterocycles. The zero-order chi connectivity index (χ0) is 15.4. The van der Waals surface area contributed by atoms with Crippen molar-refractivity contribution in [2.24, 2.45) is 16.3 Å². The third-order valence-electron chi connectivity index (χ3n) is 3.41. The van der Waals surface area contributed by atoms with Gasteiger partial charge in [-0.15, -0.1) is 0 Å². The average Bonchev–Trinajstić information content (AvgIpc) is 2.39. The fourth-order valence-corrected chi connectivity index (χ4v) is 1.88. The number of rotatable bonds is 12. The van der Waals surface area contributed by atoms with Crippen molar-refractivity contribution in [2.45, 2.75) is 65.9 Å². The van der Waals surface area contributed by atoms with E-state index in [0.29, 0.717) is 11.9 Å². The lowest BCUT2D eigenvalue weighted by molar-refractivity contribution is 0.0760. The van der Waals surface area contributed by atoms with Crippen LogP contribution in [-0.2, 0) is 4.74 Å². The van der Waals surface area contributed by atoms with Crippen molar-refractivity contribution >= 4 is 5.84 Å². The molecular weight excluding hydrogens is 254 g/mol. The lowest BCUT2D eigenvalue weighted by atomic mass is 9.86. The van der Waals surface area contributed by atoms with Crippen LogP contribution in [0.2, 0.25) is 0 Å². The molecule has 0 aromatic rings. The Balaban J connectivity index is 3.37. The van der Waals surface area contributed by atoms with Crippen LogP contribution in [0.4, 0.5) is 0 Å². The van der Waals surface area contributed by atoms with Gasteiger partial charge in [0.1, 0.15) is 5.84 Å². The molecule has 0 bridgehead atoms. The summed E-state index contributed by atoms with van der Waals surface area (Å²) in [5.41, 5.74) is 5.43. The van der Waals surface area contributed by atoms with Crippen molar-refractivity contribution < 1.29 is 9.94 Å². The number of nitrogens with two attached hydrogens (primary N) is 1. The van der Waals surface area contributed by atoms with Crippen LogP contribution < -0.4 is 11.1 Å². The SMILES string of the molecule is CC(C)OCCCCNCCCCC(C)(C)C(N)=NO. The van der Waals surface area contributed by atoms with E-state index in [2.05, 4.69) is 24.3 Å². The zero-order valence-corrected chi connectivity index (χ0v) is 13.6. The maximum atomic E-state index is 8.69. The van der Waals surface area contributed by atoms with Gasteiger partial charge >= 0.3 is 0 Å². The first kappa shape index (κ1) is 19.2. The molecule has 0 rings (SSSR count). The predicted molar refractivity (Wildman–Crippen MR) is 84.2 cm³/mol. The smallest absolute Gasteiger partial charge is 0.144 e. The molecule has 0 saturated carbocycles. The number of nitrogens with zero attached hydrogens (tertiary/aromatic N) is 1. The highest BCUT2D eigenvalue weighted by Crippen LogP contribution is 2.22. The summed E-state index contributed by atoms with van der Waals surface area (Å²) in [6, 6.07) is 0. The van der Waals surface area contributed by atoms with Crippen LogP contribution in [0.15, 0.2) is 5.16 Å². The van der Waals surface area contributed by atoms with Crippen LogP contribution in [-0.4, -0.2) is 36.8 Å². The summed E-state index contributed by atoms with van der Waals surface area (Å²) in [6.45, 7) is 11.1. The number of oxime groups is 1. The first-order valence-electron chi connectivity index (χ1n) is 7.70. The van der Waals surface area contributed by atoms with E-state index < -0.39 is 0 Å². The van der Waals surface area contributed by atoms with Crippen molar-refractivity contribution in [3.63, 3.8) is 0 Å². The molecule has 0 aromatic heterocycles. The van der Waals surface area contributed by atoms with E-state index in [1.165, 1.54) is 0 Å². The molecule has 0 fully saturated rings. The molecule has 5 nitrogen and oxygen atoms in total. The molecule has 0 aliphatic carbocycles. The first-order chi connectivity index (χ1) is 9.40. The molecule has 0 amide bonds. The number of hydrogen-bond acceptors (Lipinski definition) is 4. The molecule has 0 radical (unpaired) electrons. The van der Waals surface area contributed by atoms with Gasteiger partial charge in [0.25, 0.3) is 0 Å². The van der Waals surface area contributed by atoms with E-state index >= 15 is 0 Å². The van der Waals surface area contributed by atoms with Gasteiger partial charge in [0.05, 0.1) is 6.10 Å². The molecule has 0 saturated heterocycles. The fraction of sp³-hybridized carbons (Fsp3) is 0.933. The number of unbranched alkanes of at least 4 members (excludes halogenated alkanes) is 2. The fourth-order valence-electron chi connectivity index (χ4n) is 1.88. The second kappa shape index (κ2) is 10.9. The topological polar surface area (TPSA) is 79.9 Å². The van der Waals surface area contributed by atoms with Crippen LogP contribution >= 0.6 is 0 Å². The molecule has 4 N–H and O–H groups in total. The van der Waals surface area contributed by atoms with Crippen molar-refractivity contribution in [3.05, 3.63) is 0 Å². The first-order valence-corrected chi connectivity index (χ1v) is 7.70. The quantitative estimate of drug-likeness (QED) is 0.169. The van der Waals surface area contributed by atoms with Gasteiger partial charge in [-0.2, -0.15) is 0 Å². The van der Waals surface area contributed by atoms with E-state index in [9.17, 15) is 0 Å². The molecule has 0 aromatic carbocycles. The second-order valence-corrected chi connectivity index (χ2v) is 6.20. The highest BCUT2D eigenvalue weighted by atomic mass is 16.5. The Bertz CT molecular complexity index is 266. The van der Waals surface area contributed by atoms with Gasteiger partial charge in [-0.25, -0.2) is 0 Å². The van der Waals surface area contributed by atoms with Gasteiger partial charge in [0.2, 0.25) is 0 Å². The van der Waals surface area contributed by atoms with E-state index in [4.69, 9.17) is 15.7 Å². The summed E-state index contributed by atoms with van der Waals surface area (Å²) in [6.07, 6.45) is 5.73. The van der Waals surface area contributed by atoms with Crippen molar-refractivity contribution in [1.82, 2.24) is 5.32 Å². The van der Waals surface area contributed by atoms with Crippen LogP contribution in [0.25, 0.3) is 0 Å². The maximum absolute atomic E-state index is 8.69. The van der Waals surface area contributed by atoms with E-state index in [-0.39, 0.29) is 5.41 Å². The summed E-state index contributed by atoms with van der Waals surface area (Å²) >= 11 is 0. The summed E-state index contributed by atoms with van der Waals surface area (Å²) in [5, 5.41) is 15.2. The van der Waals surface area contributed by atoms with Crippen LogP contribution in [0.5, 0.6) is 0 Å². The Kier molecular flexibility index (Phi) is 10.5. The predicted octanol–water partition coefficient (Wildman–Crippen LogP) is 2.72. The number of hydrogen-bond donors (Lipinski definition) is 3. The second-order valence-electron chi connectivity index (χ2n) is 6.20. The highest BCUT2D eigenvalue weighted by molar-refractivity contribution is 5.85. The summed E-state index contributed by atoms with van der Waals surface area (Å²) < 4.78 is 5.49. The summed E-state index contributed by atoms with van der Waals surface area (Å²) in [5.74, 6) is 0.315. The number of amidine groups is 1. The van der Waals surface area contributed by atoms with E-state index in [1.807, 2.05) is 13.8 Å². The highest BCUT2D eigenvalue weighted by Gasteiger charge is 2.22. The van der Waals surface area contributed by atoms with Gasteiger partial charge in [0, 0.05) is 12.0 Å². The monoisotopic (exact) mass is 287 g/mol. The third-order valence-corrected chi connectivity index (χ3v) is 3.41. The van der Waals surface area contributed by atoms with Crippen molar-refractivity contribution in [1.29, 1.82) is 0 Å². The average molecular weight is 287 g/mol. The summed E-state index contributed by atoms with van der Waals surface area (Å²) in [4.78, 5) is 0. The Morgan fingerprint density at radius 2 is 1.80 bits per heavy atom. The number of nitrogens with one attached hydrogen (secondary N) is 1. The zero-order valence-electron chi connectivity index (χ0n) is 13.6. The van der Waals surface area contributed by atoms with E-state index in [0.717, 1.165) is 51.8 Å². The third kappa shape index (κ3) is 10.0. The van der Waals surface area contributed by atoms with Crippen LogP contribution in [0, 0.1) is 5.41 Å². The van der Waals surface area contributed by atoms with Gasteiger partial charge in [-0.3, -0.25) is 0 Å². The molecule has 0 spiro atoms. The molecule has 120 valence electrons. The van der Waals surface area contributed by atoms with Gasteiger partial charge in [-0.05, 0) is 52.6 Å². The molecule has 0 aliphatic rings. The molecule has 0 unspecified atom stereocenters. The summed E-state index contributed by atoms with van der Waals surface area (Å²) in [7, 11) is 0. The standard InChI is InChI=1S/C15H33N3O2/c1-13(2)20-12-8-7-11-17-10-6-5-9-15(3,4)14(16)18-19/h13,17,19H,5-12H2,1-4H3,(H2,16,18). The molecule has 20 heavy (non-hydrogen) atoms. The van der Waals surface area contributed by atoms with Crippen molar-refractivity contribution in [3.8, 4) is 0 Å². The minimum absolute atomic E-state index is 0.219. The van der Waals surface area contributed by atoms with Gasteiger partial charge < -0.3 is 21.0 Å². The maximum Gasteiger partial charge on any atom is 0.144 e. The Hall–Kier alpha value is -0.810. The Labute approximate surface area is 123 Å². The van der Waals surface area contributed by atoms with Crippen LogP contribution in [0.1, 0.15) is 59.8 Å². The van der Waals surface area contributed by atoms with Crippen molar-refractivity contribution in [2.75, 3.05) is 19.7 Å². The molecule has 5 heteroatoms. The molecular formula is C15H33N3O2. The molecule has 0 aliphatic heterocycles. The lowest BCUT2D eigenvalue weighted by Gasteiger charge is -2.22. The minimum atomic E-state index is -0.219. The lowest BCUT2D eigenvalue weighted by Crippen LogP contribution is -2.32. The minimum Gasteiger partial charge on any atom is -0.409 e. The van der Waals surface area contributed by atoms with E-state index in [1.54, 1.807) is 0 Å². The Morgan fingerprint density at radius 1 is 1.20 bits per heavy atom. The van der Waals surface area contributed by atoms with Gasteiger partial charge in [0.15, 0.2) is 0 Å². The number of ether oxygens (including phenoxy) is 1. The normalized spacial score (nSPS) is 13.2. The molecule has 0 atom stereocenters. The van der Waals surface area contributed by atoms with Gasteiger partial charge in [-0.1, -0.05) is 25.4 Å². The van der Waals surface area contributed by atoms with Crippen LogP contribution in [0.3, 0.4) is 0 Å².